The number of allylic oxidation sites excluding steroid dienone is 1. The Balaban J connectivity index is 1.69. The minimum absolute atomic E-state index is 0.215. The van der Waals surface area contributed by atoms with Gasteiger partial charge in [-0.25, -0.2) is 15.0 Å². The number of carbonyl (C=O) groups excluding carboxylic acids is 2. The fraction of sp³-hybridized carbons (Fsp3) is 0.129. The van der Waals surface area contributed by atoms with Crippen molar-refractivity contribution in [2.75, 3.05) is 30.0 Å². The van der Waals surface area contributed by atoms with Crippen molar-refractivity contribution in [3.05, 3.63) is 84.3 Å². The van der Waals surface area contributed by atoms with Crippen LogP contribution >= 0.6 is 11.3 Å². The number of nitrogens with two attached hydrogens (primary N) is 2. The van der Waals surface area contributed by atoms with Crippen molar-refractivity contribution in [1.82, 2.24) is 15.0 Å². The molecule has 5 N–H and O–H groups in total. The number of hydrogen-bond acceptors (Lipinski definition) is 9. The van der Waals surface area contributed by atoms with Gasteiger partial charge in [0.25, 0.3) is 5.91 Å². The summed E-state index contributed by atoms with van der Waals surface area (Å²) in [5.74, 6) is 0.0420. The second-order valence-electron chi connectivity index (χ2n) is 9.66. The molecule has 0 atom stereocenters. The van der Waals surface area contributed by atoms with Crippen LogP contribution in [0, 0.1) is 6.92 Å². The summed E-state index contributed by atoms with van der Waals surface area (Å²) in [5.41, 5.74) is 17.2. The van der Waals surface area contributed by atoms with Gasteiger partial charge >= 0.3 is 6.01 Å². The molecule has 10 nitrogen and oxygen atoms in total. The van der Waals surface area contributed by atoms with Gasteiger partial charge in [0.05, 0.1) is 16.0 Å². The van der Waals surface area contributed by atoms with Crippen molar-refractivity contribution in [3.63, 3.8) is 0 Å². The molecule has 0 spiro atoms. The summed E-state index contributed by atoms with van der Waals surface area (Å²) in [5, 5.41) is 3.47. The Bertz CT molecular complexity index is 1850. The van der Waals surface area contributed by atoms with E-state index in [1.165, 1.54) is 23.6 Å². The van der Waals surface area contributed by atoms with E-state index in [4.69, 9.17) is 16.2 Å². The van der Waals surface area contributed by atoms with Gasteiger partial charge in [-0.2, -0.15) is 0 Å². The first-order valence-corrected chi connectivity index (χ1v) is 13.8. The molecule has 42 heavy (non-hydrogen) atoms. The van der Waals surface area contributed by atoms with E-state index < -0.39 is 5.91 Å². The van der Waals surface area contributed by atoms with E-state index in [2.05, 4.69) is 20.3 Å². The third kappa shape index (κ3) is 5.63. The lowest BCUT2D eigenvalue weighted by atomic mass is 9.97. The predicted octanol–water partition coefficient (Wildman–Crippen LogP) is 5.78. The predicted molar refractivity (Wildman–Crippen MR) is 168 cm³/mol. The number of aromatic nitrogens is 3. The number of nitrogens with zero attached hydrogens (tertiary/aromatic N) is 4. The maximum Gasteiger partial charge on any atom is 0.322 e. The first kappa shape index (κ1) is 28.2. The van der Waals surface area contributed by atoms with Gasteiger partial charge in [-0.15, -0.1) is 11.3 Å². The molecule has 11 heteroatoms. The van der Waals surface area contributed by atoms with Crippen LogP contribution in [-0.4, -0.2) is 40.9 Å². The highest BCUT2D eigenvalue weighted by atomic mass is 32.1. The summed E-state index contributed by atoms with van der Waals surface area (Å²) in [6, 6.07) is 15.3. The van der Waals surface area contributed by atoms with Crippen LogP contribution in [0.15, 0.2) is 73.1 Å². The summed E-state index contributed by atoms with van der Waals surface area (Å²) in [6.07, 6.45) is 6.19. The Kier molecular flexibility index (Phi) is 7.85. The zero-order valence-corrected chi connectivity index (χ0v) is 24.3. The third-order valence-electron chi connectivity index (χ3n) is 6.44. The number of nitrogen functional groups attached to an aromatic ring is 1. The summed E-state index contributed by atoms with van der Waals surface area (Å²) >= 11 is 1.41. The fourth-order valence-electron chi connectivity index (χ4n) is 4.50. The molecule has 0 radical (unpaired) electrons. The molecule has 3 aromatic heterocycles. The molecule has 3 heterocycles. The number of aryl methyl sites for hydroxylation is 1. The number of hydrogen-bond donors (Lipinski definition) is 3. The number of ether oxygens (including phenoxy) is 1. The summed E-state index contributed by atoms with van der Waals surface area (Å²) < 4.78 is 6.71. The number of fused-ring (bicyclic) bond motifs is 1. The lowest BCUT2D eigenvalue weighted by Crippen LogP contribution is -2.12. The number of thiophene rings is 1. The molecule has 0 aliphatic rings. The van der Waals surface area contributed by atoms with Gasteiger partial charge < -0.3 is 26.4 Å². The van der Waals surface area contributed by atoms with Crippen LogP contribution in [0.4, 0.5) is 17.2 Å². The molecular formula is C31H29N7O3S. The maximum atomic E-state index is 12.4. The topological polar surface area (TPSA) is 149 Å². The van der Waals surface area contributed by atoms with Gasteiger partial charge in [0.15, 0.2) is 5.75 Å². The van der Waals surface area contributed by atoms with Crippen molar-refractivity contribution in [1.29, 1.82) is 0 Å². The van der Waals surface area contributed by atoms with Gasteiger partial charge in [0.1, 0.15) is 5.82 Å². The summed E-state index contributed by atoms with van der Waals surface area (Å²) in [6.45, 7) is 3.65. The Morgan fingerprint density at radius 3 is 2.45 bits per heavy atom. The van der Waals surface area contributed by atoms with E-state index in [9.17, 15) is 9.59 Å². The lowest BCUT2D eigenvalue weighted by molar-refractivity contribution is -0.111. The van der Waals surface area contributed by atoms with Gasteiger partial charge in [0, 0.05) is 53.7 Å². The molecule has 0 unspecified atom stereocenters. The number of primary amides is 1. The average Bonchev–Trinajstić information content (AvgIpc) is 3.35. The van der Waals surface area contributed by atoms with Gasteiger partial charge in [0.2, 0.25) is 5.91 Å². The second-order valence-corrected chi connectivity index (χ2v) is 10.7. The van der Waals surface area contributed by atoms with Crippen LogP contribution in [0.25, 0.3) is 31.7 Å². The van der Waals surface area contributed by atoms with Gasteiger partial charge in [-0.3, -0.25) is 9.59 Å². The van der Waals surface area contributed by atoms with E-state index in [-0.39, 0.29) is 23.3 Å². The standard InChI is InChI=1S/C31H29N7O3S/c1-5-6-24(39)37-20-10-7-18(8-11-20)27-25(26-28(42-27)21(30(33)40)16-35-29(26)32)19-9-12-23(22(15-19)38(3)4)41-31-34-14-13-17(2)36-31/h5-16H,1-4H3,(H2,32,35)(H2,33,40)(H,37,39). The molecule has 212 valence electrons. The molecule has 0 aliphatic carbocycles. The van der Waals surface area contributed by atoms with Crippen LogP contribution in [-0.2, 0) is 4.79 Å². The zero-order chi connectivity index (χ0) is 30.0. The number of benzene rings is 2. The van der Waals surface area contributed by atoms with Crippen molar-refractivity contribution in [3.8, 4) is 33.3 Å². The van der Waals surface area contributed by atoms with E-state index in [0.29, 0.717) is 21.5 Å². The van der Waals surface area contributed by atoms with E-state index in [0.717, 1.165) is 32.9 Å². The summed E-state index contributed by atoms with van der Waals surface area (Å²) in [4.78, 5) is 40.1. The SMILES string of the molecule is CC=CC(=O)Nc1ccc(-c2sc3c(C(N)=O)cnc(N)c3c2-c2ccc(Oc3nccc(C)n3)c(N(C)C)c2)cc1. The monoisotopic (exact) mass is 579 g/mol. The molecular weight excluding hydrogens is 550 g/mol. The number of anilines is 3. The molecule has 5 aromatic rings. The molecule has 0 bridgehead atoms. The molecule has 0 saturated heterocycles. The van der Waals surface area contributed by atoms with Crippen LogP contribution in [0.1, 0.15) is 23.0 Å². The molecule has 2 amide bonds. The van der Waals surface area contributed by atoms with E-state index in [1.54, 1.807) is 25.3 Å². The highest BCUT2D eigenvalue weighted by Gasteiger charge is 2.24. The molecule has 2 aromatic carbocycles. The summed E-state index contributed by atoms with van der Waals surface area (Å²) in [7, 11) is 3.83. The highest BCUT2D eigenvalue weighted by molar-refractivity contribution is 7.23. The minimum Gasteiger partial charge on any atom is -0.422 e. The van der Waals surface area contributed by atoms with Crippen LogP contribution in [0.2, 0.25) is 0 Å². The third-order valence-corrected chi connectivity index (χ3v) is 7.72. The second kappa shape index (κ2) is 11.7. The Morgan fingerprint density at radius 2 is 1.79 bits per heavy atom. The normalized spacial score (nSPS) is 11.1. The Labute approximate surface area is 246 Å². The molecule has 0 saturated carbocycles. The van der Waals surface area contributed by atoms with Crippen LogP contribution < -0.4 is 26.4 Å². The first-order chi connectivity index (χ1) is 20.2. The highest BCUT2D eigenvalue weighted by Crippen LogP contribution is 2.49. The molecule has 0 fully saturated rings. The largest absolute Gasteiger partial charge is 0.422 e. The Morgan fingerprint density at radius 1 is 1.05 bits per heavy atom. The number of pyridine rings is 1. The average molecular weight is 580 g/mol. The van der Waals surface area contributed by atoms with Crippen LogP contribution in [0.3, 0.4) is 0 Å². The smallest absolute Gasteiger partial charge is 0.322 e. The van der Waals surface area contributed by atoms with E-state index in [1.807, 2.05) is 68.4 Å². The molecule has 0 aliphatic heterocycles. The quantitative estimate of drug-likeness (QED) is 0.196. The van der Waals surface area contributed by atoms with Gasteiger partial charge in [-0.1, -0.05) is 24.3 Å². The van der Waals surface area contributed by atoms with Crippen molar-refractivity contribution in [2.45, 2.75) is 13.8 Å². The van der Waals surface area contributed by atoms with E-state index >= 15 is 0 Å². The van der Waals surface area contributed by atoms with Crippen molar-refractivity contribution >= 4 is 50.4 Å². The number of carbonyl (C=O) groups is 2. The number of nitrogens with one attached hydrogen (secondary N) is 1. The first-order valence-electron chi connectivity index (χ1n) is 13.0. The maximum absolute atomic E-state index is 12.4. The lowest BCUT2D eigenvalue weighted by Gasteiger charge is -2.19. The zero-order valence-electron chi connectivity index (χ0n) is 23.5. The van der Waals surface area contributed by atoms with Crippen LogP contribution in [0.5, 0.6) is 11.8 Å². The fourth-order valence-corrected chi connectivity index (χ4v) is 5.85. The van der Waals surface area contributed by atoms with Gasteiger partial charge in [-0.05, 0) is 61.4 Å². The minimum atomic E-state index is -0.593. The molecule has 5 rings (SSSR count). The van der Waals surface area contributed by atoms with Crippen molar-refractivity contribution in [2.24, 2.45) is 5.73 Å². The number of amides is 2. The van der Waals surface area contributed by atoms with Crippen molar-refractivity contribution < 1.29 is 14.3 Å². The number of rotatable bonds is 8. The Hall–Kier alpha value is -5.29.